The highest BCUT2D eigenvalue weighted by atomic mass is 19.1. The van der Waals surface area contributed by atoms with Crippen molar-refractivity contribution in [2.75, 3.05) is 6.54 Å². The fraction of sp³-hybridized carbons (Fsp3) is 0.389. The molecule has 0 amide bonds. The number of rotatable bonds is 4. The molecule has 1 aliphatic rings. The molecule has 1 saturated heterocycles. The predicted molar refractivity (Wildman–Crippen MR) is 90.1 cm³/mol. The summed E-state index contributed by atoms with van der Waals surface area (Å²) >= 11 is 0. The molecule has 0 bridgehead atoms. The van der Waals surface area contributed by atoms with Gasteiger partial charge in [-0.2, -0.15) is 10.1 Å². The van der Waals surface area contributed by atoms with Crippen molar-refractivity contribution in [1.29, 1.82) is 0 Å². The Morgan fingerprint density at radius 3 is 2.80 bits per heavy atom. The largest absolute Gasteiger partial charge is 0.339 e. The van der Waals surface area contributed by atoms with Crippen molar-refractivity contribution in [1.82, 2.24) is 25.2 Å². The predicted octanol–water partition coefficient (Wildman–Crippen LogP) is 3.03. The summed E-state index contributed by atoms with van der Waals surface area (Å²) in [7, 11) is 0. The molecule has 2 aromatic heterocycles. The van der Waals surface area contributed by atoms with Crippen molar-refractivity contribution >= 4 is 0 Å². The summed E-state index contributed by atoms with van der Waals surface area (Å²) in [5.41, 5.74) is 3.77. The van der Waals surface area contributed by atoms with Crippen LogP contribution in [-0.2, 0) is 6.42 Å². The molecule has 6 nitrogen and oxygen atoms in total. The molecule has 1 N–H and O–H groups in total. The molecule has 3 heterocycles. The first-order chi connectivity index (χ1) is 12.1. The zero-order valence-corrected chi connectivity index (χ0v) is 14.3. The van der Waals surface area contributed by atoms with Gasteiger partial charge in [-0.25, -0.2) is 9.07 Å². The quantitative estimate of drug-likeness (QED) is 0.790. The van der Waals surface area contributed by atoms with Crippen LogP contribution in [0.5, 0.6) is 0 Å². The first kappa shape index (κ1) is 16.0. The molecule has 0 saturated carbocycles. The molecular weight excluding hydrogens is 321 g/mol. The number of aromatic nitrogens is 4. The standard InChI is InChI=1S/C18H20FN5O/c1-11-15(10-17-21-18(23-25-17)16-4-3-9-20-16)12(2)24(22-11)14-7-5-13(19)6-8-14/h5-8,16,20H,3-4,9-10H2,1-2H3. The van der Waals surface area contributed by atoms with Crippen molar-refractivity contribution in [3.05, 3.63) is 58.7 Å². The van der Waals surface area contributed by atoms with E-state index in [4.69, 9.17) is 4.52 Å². The molecule has 0 spiro atoms. The molecule has 0 aliphatic carbocycles. The minimum Gasteiger partial charge on any atom is -0.339 e. The summed E-state index contributed by atoms with van der Waals surface area (Å²) in [4.78, 5) is 4.54. The van der Waals surface area contributed by atoms with E-state index in [0.29, 0.717) is 12.3 Å². The first-order valence-electron chi connectivity index (χ1n) is 8.48. The van der Waals surface area contributed by atoms with Crippen LogP contribution < -0.4 is 5.32 Å². The SMILES string of the molecule is Cc1nn(-c2ccc(F)cc2)c(C)c1Cc1nc(C2CCCN2)no1. The lowest BCUT2D eigenvalue weighted by atomic mass is 10.1. The van der Waals surface area contributed by atoms with Gasteiger partial charge in [-0.15, -0.1) is 0 Å². The van der Waals surface area contributed by atoms with Gasteiger partial charge in [0.1, 0.15) is 5.82 Å². The van der Waals surface area contributed by atoms with E-state index < -0.39 is 0 Å². The average Bonchev–Trinajstić information content (AvgIpc) is 3.33. The highest BCUT2D eigenvalue weighted by Crippen LogP contribution is 2.23. The summed E-state index contributed by atoms with van der Waals surface area (Å²) in [6.45, 7) is 4.95. The molecule has 25 heavy (non-hydrogen) atoms. The van der Waals surface area contributed by atoms with Gasteiger partial charge in [-0.1, -0.05) is 5.16 Å². The molecule has 0 radical (unpaired) electrons. The Morgan fingerprint density at radius 1 is 1.28 bits per heavy atom. The van der Waals surface area contributed by atoms with Crippen LogP contribution in [0, 0.1) is 19.7 Å². The van der Waals surface area contributed by atoms with Crippen LogP contribution in [0.2, 0.25) is 0 Å². The number of nitrogens with zero attached hydrogens (tertiary/aromatic N) is 4. The maximum atomic E-state index is 13.1. The molecule has 1 atom stereocenters. The topological polar surface area (TPSA) is 68.8 Å². The van der Waals surface area contributed by atoms with Crippen LogP contribution in [0.4, 0.5) is 4.39 Å². The first-order valence-corrected chi connectivity index (χ1v) is 8.48. The van der Waals surface area contributed by atoms with Crippen molar-refractivity contribution in [2.45, 2.75) is 39.2 Å². The minimum absolute atomic E-state index is 0.196. The Bertz CT molecular complexity index is 878. The number of nitrogens with one attached hydrogen (secondary N) is 1. The Balaban J connectivity index is 1.59. The molecule has 130 valence electrons. The molecular formula is C18H20FN5O. The van der Waals surface area contributed by atoms with Crippen LogP contribution in [0.15, 0.2) is 28.8 Å². The monoisotopic (exact) mass is 341 g/mol. The Labute approximate surface area is 145 Å². The highest BCUT2D eigenvalue weighted by Gasteiger charge is 2.23. The van der Waals surface area contributed by atoms with Gasteiger partial charge in [0.15, 0.2) is 5.82 Å². The fourth-order valence-electron chi connectivity index (χ4n) is 3.30. The second-order valence-electron chi connectivity index (χ2n) is 6.41. The Kier molecular flexibility index (Phi) is 4.09. The summed E-state index contributed by atoms with van der Waals surface area (Å²) < 4.78 is 20.4. The van der Waals surface area contributed by atoms with Gasteiger partial charge in [0.25, 0.3) is 0 Å². The maximum absolute atomic E-state index is 13.1. The van der Waals surface area contributed by atoms with Gasteiger partial charge in [-0.05, 0) is 57.5 Å². The normalized spacial score (nSPS) is 17.3. The van der Waals surface area contributed by atoms with Gasteiger partial charge in [0.05, 0.1) is 23.8 Å². The Hall–Kier alpha value is -2.54. The summed E-state index contributed by atoms with van der Waals surface area (Å²) in [5.74, 6) is 1.06. The van der Waals surface area contributed by atoms with E-state index in [0.717, 1.165) is 47.8 Å². The van der Waals surface area contributed by atoms with E-state index in [9.17, 15) is 4.39 Å². The molecule has 1 fully saturated rings. The lowest BCUT2D eigenvalue weighted by Crippen LogP contribution is -2.14. The van der Waals surface area contributed by atoms with E-state index in [1.165, 1.54) is 12.1 Å². The van der Waals surface area contributed by atoms with Gasteiger partial charge >= 0.3 is 0 Å². The number of halogens is 1. The molecule has 1 aliphatic heterocycles. The lowest BCUT2D eigenvalue weighted by molar-refractivity contribution is 0.373. The van der Waals surface area contributed by atoms with Gasteiger partial charge in [0, 0.05) is 11.3 Å². The van der Waals surface area contributed by atoms with Crippen molar-refractivity contribution < 1.29 is 8.91 Å². The third-order valence-corrected chi connectivity index (χ3v) is 4.70. The minimum atomic E-state index is -0.260. The zero-order chi connectivity index (χ0) is 17.4. The summed E-state index contributed by atoms with van der Waals surface area (Å²) in [6, 6.07) is 6.50. The van der Waals surface area contributed by atoms with Crippen molar-refractivity contribution in [3.8, 4) is 5.69 Å². The molecule has 4 rings (SSSR count). The molecule has 1 aromatic carbocycles. The summed E-state index contributed by atoms with van der Waals surface area (Å²) in [5, 5.41) is 12.1. The van der Waals surface area contributed by atoms with Crippen LogP contribution in [-0.4, -0.2) is 26.5 Å². The van der Waals surface area contributed by atoms with Crippen molar-refractivity contribution in [3.63, 3.8) is 0 Å². The second kappa shape index (κ2) is 6.40. The zero-order valence-electron chi connectivity index (χ0n) is 14.3. The third kappa shape index (κ3) is 3.07. The van der Waals surface area contributed by atoms with Crippen LogP contribution in [0.1, 0.15) is 47.5 Å². The highest BCUT2D eigenvalue weighted by molar-refractivity contribution is 5.38. The Morgan fingerprint density at radius 2 is 2.08 bits per heavy atom. The van der Waals surface area contributed by atoms with E-state index in [1.54, 1.807) is 12.1 Å². The van der Waals surface area contributed by atoms with Crippen molar-refractivity contribution in [2.24, 2.45) is 0 Å². The second-order valence-corrected chi connectivity index (χ2v) is 6.41. The smallest absolute Gasteiger partial charge is 0.231 e. The van der Waals surface area contributed by atoms with Crippen LogP contribution >= 0.6 is 0 Å². The van der Waals surface area contributed by atoms with Gasteiger partial charge in [-0.3, -0.25) is 0 Å². The van der Waals surface area contributed by atoms with Gasteiger partial charge < -0.3 is 9.84 Å². The van der Waals surface area contributed by atoms with E-state index in [1.807, 2.05) is 18.5 Å². The van der Waals surface area contributed by atoms with Crippen LogP contribution in [0.25, 0.3) is 5.69 Å². The number of hydrogen-bond donors (Lipinski definition) is 1. The number of hydrogen-bond acceptors (Lipinski definition) is 5. The van der Waals surface area contributed by atoms with Gasteiger partial charge in [0.2, 0.25) is 5.89 Å². The average molecular weight is 341 g/mol. The van der Waals surface area contributed by atoms with E-state index >= 15 is 0 Å². The molecule has 7 heteroatoms. The van der Waals surface area contributed by atoms with E-state index in [-0.39, 0.29) is 11.9 Å². The molecule has 1 unspecified atom stereocenters. The summed E-state index contributed by atoms with van der Waals surface area (Å²) in [6.07, 6.45) is 2.72. The van der Waals surface area contributed by atoms with E-state index in [2.05, 4.69) is 20.6 Å². The maximum Gasteiger partial charge on any atom is 0.231 e. The molecule has 3 aromatic rings. The number of benzene rings is 1. The lowest BCUT2D eigenvalue weighted by Gasteiger charge is -2.04. The third-order valence-electron chi connectivity index (χ3n) is 4.70. The fourth-order valence-corrected chi connectivity index (χ4v) is 3.30. The van der Waals surface area contributed by atoms with Crippen LogP contribution in [0.3, 0.4) is 0 Å². The number of aryl methyl sites for hydroxylation is 1.